The van der Waals surface area contributed by atoms with Gasteiger partial charge in [-0.3, -0.25) is 0 Å². The van der Waals surface area contributed by atoms with Gasteiger partial charge in [-0.2, -0.15) is 0 Å². The molecule has 2 rings (SSSR count). The third kappa shape index (κ3) is 2.44. The number of aryl methyl sites for hydroxylation is 1. The normalized spacial score (nSPS) is 10.4. The molecule has 0 fully saturated rings. The number of H-pyrrole nitrogens is 1. The van der Waals surface area contributed by atoms with E-state index in [2.05, 4.69) is 38.0 Å². The number of imidazole rings is 1. The molecule has 0 aliphatic heterocycles. The lowest BCUT2D eigenvalue weighted by Crippen LogP contribution is -1.90. The largest absolute Gasteiger partial charge is 0.497 e. The first-order valence-corrected chi connectivity index (χ1v) is 5.82. The van der Waals surface area contributed by atoms with Gasteiger partial charge in [0, 0.05) is 6.42 Å². The molecule has 0 amide bonds. The molecule has 0 unspecified atom stereocenters. The Morgan fingerprint density at radius 1 is 1.31 bits per heavy atom. The van der Waals surface area contributed by atoms with Crippen molar-refractivity contribution < 1.29 is 4.74 Å². The number of halogens is 1. The summed E-state index contributed by atoms with van der Waals surface area (Å²) in [6.07, 6.45) is 0.839. The van der Waals surface area contributed by atoms with Gasteiger partial charge in [0.1, 0.15) is 16.2 Å². The van der Waals surface area contributed by atoms with E-state index in [0.29, 0.717) is 0 Å². The van der Waals surface area contributed by atoms with Crippen LogP contribution in [-0.2, 0) is 6.42 Å². The molecule has 1 heterocycles. The zero-order chi connectivity index (χ0) is 11.5. The fraction of sp³-hybridized carbons (Fsp3) is 0.250. The predicted molar refractivity (Wildman–Crippen MR) is 66.8 cm³/mol. The Morgan fingerprint density at radius 3 is 2.50 bits per heavy atom. The van der Waals surface area contributed by atoms with Crippen LogP contribution in [0.2, 0.25) is 0 Å². The minimum atomic E-state index is 0.839. The zero-order valence-electron chi connectivity index (χ0n) is 9.25. The predicted octanol–water partition coefficient (Wildman–Crippen LogP) is 3.08. The molecule has 84 valence electrons. The highest BCUT2D eigenvalue weighted by Crippen LogP contribution is 2.19. The van der Waals surface area contributed by atoms with E-state index in [9.17, 15) is 0 Å². The van der Waals surface area contributed by atoms with E-state index >= 15 is 0 Å². The number of nitrogens with one attached hydrogen (secondary N) is 1. The molecule has 2 aromatic rings. The molecule has 16 heavy (non-hydrogen) atoms. The van der Waals surface area contributed by atoms with Crippen LogP contribution < -0.4 is 4.74 Å². The van der Waals surface area contributed by atoms with E-state index in [1.165, 1.54) is 5.56 Å². The number of nitrogens with zero attached hydrogens (tertiary/aromatic N) is 1. The van der Waals surface area contributed by atoms with Gasteiger partial charge in [0.05, 0.1) is 12.8 Å². The van der Waals surface area contributed by atoms with Crippen molar-refractivity contribution in [1.82, 2.24) is 9.97 Å². The van der Waals surface area contributed by atoms with E-state index < -0.39 is 0 Å². The standard InChI is InChI=1S/C12H13BrN2O/c1-8-14-11(12(13)15-8)7-9-3-5-10(16-2)6-4-9/h3-6H,7H2,1-2H3,(H,14,15). The summed E-state index contributed by atoms with van der Waals surface area (Å²) in [7, 11) is 1.67. The lowest BCUT2D eigenvalue weighted by atomic mass is 10.1. The van der Waals surface area contributed by atoms with Crippen LogP contribution in [0.1, 0.15) is 17.1 Å². The van der Waals surface area contributed by atoms with Crippen LogP contribution in [0.4, 0.5) is 0 Å². The maximum Gasteiger partial charge on any atom is 0.127 e. The molecule has 0 saturated carbocycles. The van der Waals surface area contributed by atoms with Gasteiger partial charge in [-0.25, -0.2) is 4.98 Å². The van der Waals surface area contributed by atoms with Gasteiger partial charge < -0.3 is 9.72 Å². The number of aromatic nitrogens is 2. The van der Waals surface area contributed by atoms with Crippen LogP contribution in [0.5, 0.6) is 5.75 Å². The summed E-state index contributed by atoms with van der Waals surface area (Å²) in [6.45, 7) is 1.95. The number of rotatable bonds is 3. The first kappa shape index (κ1) is 11.2. The Hall–Kier alpha value is -1.29. The van der Waals surface area contributed by atoms with E-state index in [-0.39, 0.29) is 0 Å². The molecule has 1 aromatic heterocycles. The van der Waals surface area contributed by atoms with Gasteiger partial charge in [-0.15, -0.1) is 0 Å². The number of hydrogen-bond donors (Lipinski definition) is 1. The van der Waals surface area contributed by atoms with Crippen molar-refractivity contribution in [3.05, 3.63) is 46.0 Å². The Morgan fingerprint density at radius 2 is 2.00 bits per heavy atom. The lowest BCUT2D eigenvalue weighted by Gasteiger charge is -2.02. The topological polar surface area (TPSA) is 37.9 Å². The van der Waals surface area contributed by atoms with Crippen molar-refractivity contribution in [1.29, 1.82) is 0 Å². The second-order valence-electron chi connectivity index (χ2n) is 3.62. The quantitative estimate of drug-likeness (QED) is 0.938. The summed E-state index contributed by atoms with van der Waals surface area (Å²) in [5.41, 5.74) is 2.33. The SMILES string of the molecule is COc1ccc(Cc2[nH]c(C)nc2Br)cc1. The number of ether oxygens (including phenoxy) is 1. The minimum absolute atomic E-state index is 0.839. The van der Waals surface area contributed by atoms with Crippen LogP contribution >= 0.6 is 15.9 Å². The first-order valence-electron chi connectivity index (χ1n) is 5.03. The van der Waals surface area contributed by atoms with E-state index in [1.54, 1.807) is 7.11 Å². The zero-order valence-corrected chi connectivity index (χ0v) is 10.8. The molecule has 0 saturated heterocycles. The Kier molecular flexibility index (Phi) is 3.29. The molecule has 0 aliphatic rings. The van der Waals surface area contributed by atoms with Crippen LogP contribution in [-0.4, -0.2) is 17.1 Å². The van der Waals surface area contributed by atoms with Gasteiger partial charge >= 0.3 is 0 Å². The van der Waals surface area contributed by atoms with E-state index in [0.717, 1.165) is 28.3 Å². The van der Waals surface area contributed by atoms with Gasteiger partial charge in [0.15, 0.2) is 0 Å². The molecule has 3 nitrogen and oxygen atoms in total. The first-order chi connectivity index (χ1) is 7.69. The Labute approximate surface area is 103 Å². The summed E-state index contributed by atoms with van der Waals surface area (Å²) in [4.78, 5) is 7.51. The molecule has 0 aliphatic carbocycles. The second kappa shape index (κ2) is 4.70. The monoisotopic (exact) mass is 280 g/mol. The highest BCUT2D eigenvalue weighted by Gasteiger charge is 2.05. The third-order valence-electron chi connectivity index (χ3n) is 2.39. The molecule has 0 spiro atoms. The highest BCUT2D eigenvalue weighted by atomic mass is 79.9. The number of hydrogen-bond acceptors (Lipinski definition) is 2. The van der Waals surface area contributed by atoms with Crippen LogP contribution in [0, 0.1) is 6.92 Å². The molecule has 1 aromatic carbocycles. The fourth-order valence-electron chi connectivity index (χ4n) is 1.58. The fourth-order valence-corrected chi connectivity index (χ4v) is 2.08. The average Bonchev–Trinajstić information content (AvgIpc) is 2.59. The van der Waals surface area contributed by atoms with Crippen molar-refractivity contribution in [2.45, 2.75) is 13.3 Å². The molecule has 0 radical (unpaired) electrons. The Balaban J connectivity index is 2.17. The highest BCUT2D eigenvalue weighted by molar-refractivity contribution is 9.10. The van der Waals surface area contributed by atoms with Gasteiger partial charge in [0.25, 0.3) is 0 Å². The summed E-state index contributed by atoms with van der Waals surface area (Å²) < 4.78 is 6.01. The van der Waals surface area contributed by atoms with Crippen molar-refractivity contribution in [3.63, 3.8) is 0 Å². The summed E-state index contributed by atoms with van der Waals surface area (Å²) in [5.74, 6) is 1.80. The van der Waals surface area contributed by atoms with Crippen molar-refractivity contribution in [2.24, 2.45) is 0 Å². The molecular weight excluding hydrogens is 268 g/mol. The second-order valence-corrected chi connectivity index (χ2v) is 4.37. The Bertz CT molecular complexity index is 476. The smallest absolute Gasteiger partial charge is 0.127 e. The molecule has 1 N–H and O–H groups in total. The third-order valence-corrected chi connectivity index (χ3v) is 3.04. The number of benzene rings is 1. The van der Waals surface area contributed by atoms with Crippen molar-refractivity contribution >= 4 is 15.9 Å². The van der Waals surface area contributed by atoms with Gasteiger partial charge in [-0.1, -0.05) is 12.1 Å². The van der Waals surface area contributed by atoms with Crippen molar-refractivity contribution in [3.8, 4) is 5.75 Å². The summed E-state index contributed by atoms with van der Waals surface area (Å²) >= 11 is 3.44. The maximum atomic E-state index is 5.12. The van der Waals surface area contributed by atoms with Crippen LogP contribution in [0.3, 0.4) is 0 Å². The molecular formula is C12H13BrN2O. The molecule has 0 bridgehead atoms. The molecule has 0 atom stereocenters. The lowest BCUT2D eigenvalue weighted by molar-refractivity contribution is 0.414. The minimum Gasteiger partial charge on any atom is -0.497 e. The summed E-state index contributed by atoms with van der Waals surface area (Å²) in [5, 5.41) is 0. The van der Waals surface area contributed by atoms with Crippen molar-refractivity contribution in [2.75, 3.05) is 7.11 Å². The number of methoxy groups -OCH3 is 1. The van der Waals surface area contributed by atoms with Crippen LogP contribution in [0.15, 0.2) is 28.9 Å². The van der Waals surface area contributed by atoms with E-state index in [1.807, 2.05) is 19.1 Å². The summed E-state index contributed by atoms with van der Waals surface area (Å²) in [6, 6.07) is 8.04. The van der Waals surface area contributed by atoms with Crippen LogP contribution in [0.25, 0.3) is 0 Å². The van der Waals surface area contributed by atoms with Gasteiger partial charge in [-0.05, 0) is 40.5 Å². The number of aromatic amines is 1. The molecule has 4 heteroatoms. The average molecular weight is 281 g/mol. The van der Waals surface area contributed by atoms with Gasteiger partial charge in [0.2, 0.25) is 0 Å². The van der Waals surface area contributed by atoms with E-state index in [4.69, 9.17) is 4.74 Å². The maximum absolute atomic E-state index is 5.12.